The fourth-order valence-electron chi connectivity index (χ4n) is 3.18. The number of imidazole rings is 1. The number of hydrogen-bond acceptors (Lipinski definition) is 9. The molecular weight excluding hydrogens is 369 g/mol. The summed E-state index contributed by atoms with van der Waals surface area (Å²) in [6.45, 7) is 1.56. The molecule has 13 heteroatoms. The minimum Gasteiger partial charge on any atom is -0.382 e. The second-order valence-electron chi connectivity index (χ2n) is 5.97. The summed E-state index contributed by atoms with van der Waals surface area (Å²) in [5.74, 6) is 0.236. The van der Waals surface area contributed by atoms with E-state index in [0.717, 1.165) is 0 Å². The Kier molecular flexibility index (Phi) is 4.43. The maximum absolute atomic E-state index is 11.0. The fraction of sp³-hybridized carbons (Fsp3) is 0.615. The van der Waals surface area contributed by atoms with Gasteiger partial charge in [-0.25, -0.2) is 19.5 Å². The van der Waals surface area contributed by atoms with Crippen LogP contribution in [0.5, 0.6) is 0 Å². The van der Waals surface area contributed by atoms with E-state index in [4.69, 9.17) is 29.7 Å². The summed E-state index contributed by atoms with van der Waals surface area (Å²) in [7, 11) is -4.63. The first kappa shape index (κ1) is 17.7. The molecule has 2 aliphatic rings. The van der Waals surface area contributed by atoms with Gasteiger partial charge in [-0.05, 0) is 6.42 Å². The zero-order valence-electron chi connectivity index (χ0n) is 13.7. The average molecular weight is 387 g/mol. The van der Waals surface area contributed by atoms with Gasteiger partial charge in [0.2, 0.25) is 0 Å². The summed E-state index contributed by atoms with van der Waals surface area (Å²) >= 11 is 0. The van der Waals surface area contributed by atoms with Gasteiger partial charge < -0.3 is 29.7 Å². The highest BCUT2D eigenvalue weighted by Crippen LogP contribution is 2.43. The largest absolute Gasteiger partial charge is 0.469 e. The van der Waals surface area contributed by atoms with Crippen LogP contribution in [0, 0.1) is 0 Å². The Bertz CT molecular complexity index is 857. The molecule has 4 heterocycles. The van der Waals surface area contributed by atoms with Crippen molar-refractivity contribution in [1.82, 2.24) is 19.5 Å². The fourth-order valence-corrected chi connectivity index (χ4v) is 3.52. The van der Waals surface area contributed by atoms with Crippen LogP contribution in [-0.4, -0.2) is 60.5 Å². The van der Waals surface area contributed by atoms with E-state index in [-0.39, 0.29) is 12.4 Å². The van der Waals surface area contributed by atoms with Crippen molar-refractivity contribution in [2.45, 2.75) is 44.2 Å². The number of anilines is 1. The van der Waals surface area contributed by atoms with Gasteiger partial charge in [0.05, 0.1) is 12.9 Å². The lowest BCUT2D eigenvalue weighted by Crippen LogP contribution is -2.31. The monoisotopic (exact) mass is 387 g/mol. The number of fused-ring (bicyclic) bond motifs is 2. The molecule has 2 aromatic heterocycles. The standard InChI is InChI=1S/C13H18N5O7P/c1-2-7-24-9-6(3-22-26(19,20)21)23-13(10(9)25-7)18-5-17-8-11(14)15-4-16-12(8)18/h4-7,9-10,13H,2-3H2,1H3,(H2,14,15,16)(H2,19,20,21). The van der Waals surface area contributed by atoms with Crippen LogP contribution >= 0.6 is 7.82 Å². The van der Waals surface area contributed by atoms with Gasteiger partial charge in [0.15, 0.2) is 24.0 Å². The van der Waals surface area contributed by atoms with Crippen LogP contribution in [0.1, 0.15) is 19.6 Å². The van der Waals surface area contributed by atoms with Gasteiger partial charge in [-0.2, -0.15) is 0 Å². The molecule has 5 unspecified atom stereocenters. The highest BCUT2D eigenvalue weighted by atomic mass is 31.2. The Hall–Kier alpha value is -1.66. The number of aromatic nitrogens is 4. The van der Waals surface area contributed by atoms with Crippen LogP contribution in [0.15, 0.2) is 12.7 Å². The molecule has 0 bridgehead atoms. The third kappa shape index (κ3) is 3.09. The number of nitrogens with two attached hydrogens (primary N) is 1. The number of rotatable bonds is 5. The van der Waals surface area contributed by atoms with E-state index in [0.29, 0.717) is 17.6 Å². The number of nitrogen functional groups attached to an aromatic ring is 1. The minimum absolute atomic E-state index is 0.236. The first-order valence-corrected chi connectivity index (χ1v) is 9.50. The van der Waals surface area contributed by atoms with Crippen LogP contribution in [0.25, 0.3) is 11.2 Å². The van der Waals surface area contributed by atoms with Crippen LogP contribution in [-0.2, 0) is 23.3 Å². The van der Waals surface area contributed by atoms with Crippen molar-refractivity contribution in [3.8, 4) is 0 Å². The first-order valence-electron chi connectivity index (χ1n) is 7.97. The molecule has 5 atom stereocenters. The molecule has 0 spiro atoms. The molecule has 0 saturated carbocycles. The molecule has 4 rings (SSSR count). The Balaban J connectivity index is 1.65. The molecule has 0 radical (unpaired) electrons. The van der Waals surface area contributed by atoms with Gasteiger partial charge in [-0.1, -0.05) is 6.92 Å². The molecule has 142 valence electrons. The van der Waals surface area contributed by atoms with E-state index in [2.05, 4.69) is 19.5 Å². The highest BCUT2D eigenvalue weighted by Gasteiger charge is 2.53. The van der Waals surface area contributed by atoms with Crippen molar-refractivity contribution in [1.29, 1.82) is 0 Å². The number of ether oxygens (including phenoxy) is 3. The number of hydrogen-bond donors (Lipinski definition) is 3. The van der Waals surface area contributed by atoms with Gasteiger partial charge in [-0.3, -0.25) is 9.09 Å². The predicted molar refractivity (Wildman–Crippen MR) is 85.5 cm³/mol. The highest BCUT2D eigenvalue weighted by molar-refractivity contribution is 7.46. The van der Waals surface area contributed by atoms with E-state index >= 15 is 0 Å². The van der Waals surface area contributed by atoms with Crippen LogP contribution in [0.3, 0.4) is 0 Å². The lowest BCUT2D eigenvalue weighted by Gasteiger charge is -2.20. The molecule has 4 N–H and O–H groups in total. The molecule has 0 aromatic carbocycles. The van der Waals surface area contributed by atoms with E-state index in [9.17, 15) is 4.57 Å². The van der Waals surface area contributed by atoms with Gasteiger partial charge in [-0.15, -0.1) is 0 Å². The number of phosphoric ester groups is 1. The van der Waals surface area contributed by atoms with Crippen molar-refractivity contribution in [3.63, 3.8) is 0 Å². The molecule has 0 aliphatic carbocycles. The van der Waals surface area contributed by atoms with E-state index in [1.165, 1.54) is 12.7 Å². The van der Waals surface area contributed by atoms with Crippen molar-refractivity contribution >= 4 is 24.8 Å². The third-order valence-electron chi connectivity index (χ3n) is 4.30. The topological polar surface area (TPSA) is 164 Å². The lowest BCUT2D eigenvalue weighted by molar-refractivity contribution is -0.150. The SMILES string of the molecule is CCC1OC2C(COP(=O)(O)O)OC(n3cnc4c(N)ncnc43)C2O1. The smallest absolute Gasteiger partial charge is 0.382 e. The predicted octanol–water partition coefficient (Wildman–Crippen LogP) is -0.0647. The maximum atomic E-state index is 11.0. The number of nitrogens with zero attached hydrogens (tertiary/aromatic N) is 4. The minimum atomic E-state index is -4.63. The first-order chi connectivity index (χ1) is 12.4. The van der Waals surface area contributed by atoms with Crippen LogP contribution in [0.2, 0.25) is 0 Å². The Labute approximate surface area is 147 Å². The van der Waals surface area contributed by atoms with Crippen molar-refractivity contribution in [2.24, 2.45) is 0 Å². The summed E-state index contributed by atoms with van der Waals surface area (Å²) in [5, 5.41) is 0. The molecule has 0 amide bonds. The van der Waals surface area contributed by atoms with Gasteiger partial charge in [0.25, 0.3) is 0 Å². The Morgan fingerprint density at radius 3 is 2.77 bits per heavy atom. The maximum Gasteiger partial charge on any atom is 0.469 e. The summed E-state index contributed by atoms with van der Waals surface area (Å²) in [4.78, 5) is 30.2. The third-order valence-corrected chi connectivity index (χ3v) is 4.79. The van der Waals surface area contributed by atoms with E-state index < -0.39 is 38.7 Å². The summed E-state index contributed by atoms with van der Waals surface area (Å²) < 4.78 is 34.9. The molecule has 12 nitrogen and oxygen atoms in total. The average Bonchev–Trinajstić information content (AvgIpc) is 3.25. The molecule has 2 saturated heterocycles. The van der Waals surface area contributed by atoms with Gasteiger partial charge >= 0.3 is 7.82 Å². The molecule has 26 heavy (non-hydrogen) atoms. The van der Waals surface area contributed by atoms with E-state index in [1.807, 2.05) is 6.92 Å². The zero-order valence-corrected chi connectivity index (χ0v) is 14.6. The normalized spacial score (nSPS) is 31.6. The molecule has 2 fully saturated rings. The molecular formula is C13H18N5O7P. The molecule has 2 aliphatic heterocycles. The second-order valence-corrected chi connectivity index (χ2v) is 7.21. The second kappa shape index (κ2) is 6.50. The van der Waals surface area contributed by atoms with Crippen molar-refractivity contribution in [3.05, 3.63) is 12.7 Å². The van der Waals surface area contributed by atoms with Crippen molar-refractivity contribution < 1.29 is 33.1 Å². The lowest BCUT2D eigenvalue weighted by atomic mass is 10.1. The van der Waals surface area contributed by atoms with Crippen molar-refractivity contribution in [2.75, 3.05) is 12.3 Å². The Morgan fingerprint density at radius 1 is 1.27 bits per heavy atom. The summed E-state index contributed by atoms with van der Waals surface area (Å²) in [6, 6.07) is 0. The Morgan fingerprint density at radius 2 is 2.04 bits per heavy atom. The van der Waals surface area contributed by atoms with E-state index in [1.54, 1.807) is 4.57 Å². The number of phosphoric acid groups is 1. The van der Waals surface area contributed by atoms with Gasteiger partial charge in [0.1, 0.15) is 30.2 Å². The zero-order chi connectivity index (χ0) is 18.5. The summed E-state index contributed by atoms with van der Waals surface area (Å²) in [5.41, 5.74) is 6.70. The van der Waals surface area contributed by atoms with Crippen LogP contribution in [0.4, 0.5) is 5.82 Å². The van der Waals surface area contributed by atoms with Crippen LogP contribution < -0.4 is 5.73 Å². The quantitative estimate of drug-likeness (QED) is 0.588. The van der Waals surface area contributed by atoms with Gasteiger partial charge in [0, 0.05) is 0 Å². The molecule has 2 aromatic rings. The summed E-state index contributed by atoms with van der Waals surface area (Å²) in [6.07, 6.45) is 0.539.